The van der Waals surface area contributed by atoms with E-state index in [1.165, 1.54) is 0 Å². The molecule has 0 atom stereocenters. The van der Waals surface area contributed by atoms with Crippen LogP contribution in [0.2, 0.25) is 0 Å². The molecule has 0 spiro atoms. The molecule has 0 radical (unpaired) electrons. The van der Waals surface area contributed by atoms with Gasteiger partial charge in [-0.2, -0.15) is 5.26 Å². The first kappa shape index (κ1) is 12.1. The van der Waals surface area contributed by atoms with Crippen molar-refractivity contribution in [1.29, 1.82) is 5.26 Å². The molecule has 0 amide bonds. The molecule has 0 unspecified atom stereocenters. The van der Waals surface area contributed by atoms with Gasteiger partial charge in [0.2, 0.25) is 0 Å². The van der Waals surface area contributed by atoms with E-state index >= 15 is 0 Å². The highest BCUT2D eigenvalue weighted by atomic mass is 15.1. The summed E-state index contributed by atoms with van der Waals surface area (Å²) in [5.41, 5.74) is 2.79. The summed E-state index contributed by atoms with van der Waals surface area (Å²) in [6.07, 6.45) is 7.99. The Hall–Kier alpha value is -2.93. The quantitative estimate of drug-likeness (QED) is 0.727. The lowest BCUT2D eigenvalue weighted by molar-refractivity contribution is 0.908. The van der Waals surface area contributed by atoms with Crippen LogP contribution >= 0.6 is 0 Å². The van der Waals surface area contributed by atoms with Crippen LogP contribution in [0.1, 0.15) is 17.0 Å². The van der Waals surface area contributed by atoms with Gasteiger partial charge in [0.05, 0.1) is 23.5 Å². The van der Waals surface area contributed by atoms with Gasteiger partial charge in [-0.25, -0.2) is 4.98 Å². The zero-order valence-electron chi connectivity index (χ0n) is 10.8. The Kier molecular flexibility index (Phi) is 3.25. The van der Waals surface area contributed by atoms with Crippen LogP contribution in [0.5, 0.6) is 0 Å². The zero-order valence-corrected chi connectivity index (χ0v) is 10.8. The molecular weight excluding hydrogens is 248 g/mol. The molecule has 1 aromatic carbocycles. The minimum absolute atomic E-state index is 0.671. The van der Waals surface area contributed by atoms with Gasteiger partial charge in [-0.3, -0.25) is 4.98 Å². The molecule has 3 rings (SSSR count). The van der Waals surface area contributed by atoms with Crippen molar-refractivity contribution >= 4 is 0 Å². The average Bonchev–Trinajstić information content (AvgIpc) is 2.97. The van der Waals surface area contributed by atoms with Crippen molar-refractivity contribution in [2.75, 3.05) is 0 Å². The summed E-state index contributed by atoms with van der Waals surface area (Å²) in [6, 6.07) is 13.6. The number of imidazole rings is 1. The summed E-state index contributed by atoms with van der Waals surface area (Å²) in [5, 5.41) is 8.80. The second kappa shape index (κ2) is 5.37. The van der Waals surface area contributed by atoms with Gasteiger partial charge in [-0.05, 0) is 29.8 Å². The third-order valence-electron chi connectivity index (χ3n) is 3.09. The molecule has 96 valence electrons. The van der Waals surface area contributed by atoms with Crippen molar-refractivity contribution in [3.8, 4) is 11.8 Å². The fraction of sp³-hybridized carbons (Fsp3) is 0.0625. The van der Waals surface area contributed by atoms with E-state index < -0.39 is 0 Å². The van der Waals surface area contributed by atoms with Gasteiger partial charge in [0.15, 0.2) is 0 Å². The molecule has 0 N–H and O–H groups in total. The zero-order chi connectivity index (χ0) is 13.8. The summed E-state index contributed by atoms with van der Waals surface area (Å²) < 4.78 is 2.02. The van der Waals surface area contributed by atoms with Crippen LogP contribution in [-0.2, 0) is 6.42 Å². The van der Waals surface area contributed by atoms with E-state index in [1.54, 1.807) is 12.4 Å². The number of benzene rings is 1. The second-order valence-electron chi connectivity index (χ2n) is 4.41. The molecule has 20 heavy (non-hydrogen) atoms. The predicted molar refractivity (Wildman–Crippen MR) is 75.3 cm³/mol. The number of hydrogen-bond donors (Lipinski definition) is 0. The van der Waals surface area contributed by atoms with Crippen LogP contribution in [0.25, 0.3) is 5.69 Å². The van der Waals surface area contributed by atoms with Crippen LogP contribution in [0.15, 0.2) is 61.2 Å². The first-order valence-electron chi connectivity index (χ1n) is 6.28. The van der Waals surface area contributed by atoms with Crippen molar-refractivity contribution in [3.05, 3.63) is 78.1 Å². The van der Waals surface area contributed by atoms with Crippen molar-refractivity contribution in [1.82, 2.24) is 14.5 Å². The summed E-state index contributed by atoms with van der Waals surface area (Å²) in [5.74, 6) is 0.947. The summed E-state index contributed by atoms with van der Waals surface area (Å²) in [6.45, 7) is 0. The number of hydrogen-bond acceptors (Lipinski definition) is 3. The number of aromatic nitrogens is 3. The Balaban J connectivity index is 1.89. The normalized spacial score (nSPS) is 10.2. The fourth-order valence-corrected chi connectivity index (χ4v) is 2.08. The minimum atomic E-state index is 0.671. The van der Waals surface area contributed by atoms with Gasteiger partial charge in [0, 0.05) is 25.0 Å². The van der Waals surface area contributed by atoms with E-state index in [4.69, 9.17) is 5.26 Å². The molecule has 0 saturated heterocycles. The number of nitriles is 1. The van der Waals surface area contributed by atoms with Gasteiger partial charge >= 0.3 is 0 Å². The maximum Gasteiger partial charge on any atom is 0.117 e. The smallest absolute Gasteiger partial charge is 0.117 e. The van der Waals surface area contributed by atoms with Crippen molar-refractivity contribution in [3.63, 3.8) is 0 Å². The Morgan fingerprint density at radius 2 is 1.95 bits per heavy atom. The molecule has 0 aliphatic heterocycles. The number of rotatable bonds is 3. The molecule has 0 saturated carbocycles. The molecule has 3 aromatic rings. The van der Waals surface area contributed by atoms with E-state index in [-0.39, 0.29) is 0 Å². The fourth-order valence-electron chi connectivity index (χ4n) is 2.08. The van der Waals surface area contributed by atoms with Gasteiger partial charge in [0.1, 0.15) is 5.82 Å². The predicted octanol–water partition coefficient (Wildman–Crippen LogP) is 2.73. The Labute approximate surface area is 117 Å². The van der Waals surface area contributed by atoms with Crippen LogP contribution in [-0.4, -0.2) is 14.5 Å². The van der Waals surface area contributed by atoms with E-state index in [9.17, 15) is 0 Å². The van der Waals surface area contributed by atoms with Crippen LogP contribution < -0.4 is 0 Å². The van der Waals surface area contributed by atoms with E-state index in [2.05, 4.69) is 16.0 Å². The van der Waals surface area contributed by atoms with Crippen LogP contribution in [0.4, 0.5) is 0 Å². The monoisotopic (exact) mass is 260 g/mol. The SMILES string of the molecule is N#Cc1ccc(Cc2nccn2-c2cccnc2)cc1. The molecule has 0 bridgehead atoms. The molecular formula is C16H12N4. The second-order valence-corrected chi connectivity index (χ2v) is 4.41. The Morgan fingerprint density at radius 1 is 1.10 bits per heavy atom. The van der Waals surface area contributed by atoms with Gasteiger partial charge in [-0.15, -0.1) is 0 Å². The molecule has 4 nitrogen and oxygen atoms in total. The van der Waals surface area contributed by atoms with Crippen LogP contribution in [0.3, 0.4) is 0 Å². The van der Waals surface area contributed by atoms with Crippen molar-refractivity contribution < 1.29 is 0 Å². The molecule has 0 aliphatic rings. The summed E-state index contributed by atoms with van der Waals surface area (Å²) in [7, 11) is 0. The van der Waals surface area contributed by atoms with Crippen LogP contribution in [0, 0.1) is 11.3 Å². The first-order chi connectivity index (χ1) is 9.86. The maximum atomic E-state index is 8.80. The third kappa shape index (κ3) is 2.43. The molecule has 2 aromatic heterocycles. The lowest BCUT2D eigenvalue weighted by Crippen LogP contribution is -2.01. The number of pyridine rings is 1. The number of nitrogens with zero attached hydrogens (tertiary/aromatic N) is 4. The minimum Gasteiger partial charge on any atom is -0.302 e. The Morgan fingerprint density at radius 3 is 2.65 bits per heavy atom. The Bertz CT molecular complexity index is 736. The molecule has 4 heteroatoms. The van der Waals surface area contributed by atoms with E-state index in [0.29, 0.717) is 12.0 Å². The lowest BCUT2D eigenvalue weighted by Gasteiger charge is -2.07. The lowest BCUT2D eigenvalue weighted by atomic mass is 10.1. The highest BCUT2D eigenvalue weighted by molar-refractivity contribution is 5.34. The maximum absolute atomic E-state index is 8.80. The van der Waals surface area contributed by atoms with Crippen molar-refractivity contribution in [2.45, 2.75) is 6.42 Å². The first-order valence-corrected chi connectivity index (χ1v) is 6.28. The van der Waals surface area contributed by atoms with Gasteiger partial charge in [-0.1, -0.05) is 12.1 Å². The molecule has 2 heterocycles. The topological polar surface area (TPSA) is 54.5 Å². The average molecular weight is 260 g/mol. The molecule has 0 fully saturated rings. The van der Waals surface area contributed by atoms with E-state index in [0.717, 1.165) is 17.1 Å². The van der Waals surface area contributed by atoms with E-state index in [1.807, 2.05) is 53.4 Å². The van der Waals surface area contributed by atoms with Gasteiger partial charge < -0.3 is 4.57 Å². The highest BCUT2D eigenvalue weighted by Gasteiger charge is 2.06. The summed E-state index contributed by atoms with van der Waals surface area (Å²) >= 11 is 0. The standard InChI is InChI=1S/C16H12N4/c17-11-14-5-3-13(4-6-14)10-16-19-8-9-20(16)15-2-1-7-18-12-15/h1-9,12H,10H2. The largest absolute Gasteiger partial charge is 0.302 e. The van der Waals surface area contributed by atoms with Crippen molar-refractivity contribution in [2.24, 2.45) is 0 Å². The third-order valence-corrected chi connectivity index (χ3v) is 3.09. The molecule has 0 aliphatic carbocycles. The summed E-state index contributed by atoms with van der Waals surface area (Å²) in [4.78, 5) is 8.53. The highest BCUT2D eigenvalue weighted by Crippen LogP contribution is 2.13. The van der Waals surface area contributed by atoms with Gasteiger partial charge in [0.25, 0.3) is 0 Å².